The molecule has 2 aromatic carbocycles. The van der Waals surface area contributed by atoms with E-state index >= 15 is 0 Å². The van der Waals surface area contributed by atoms with Crippen molar-refractivity contribution in [3.63, 3.8) is 0 Å². The SMILES string of the molecule is O=C(c1cc(-c2ccccc2)on1)N1CCN(Cc2ccccc2Br)CC1. The number of carbonyl (C=O) groups excluding carboxylic acids is 1. The van der Waals surface area contributed by atoms with Crippen LogP contribution in [0.15, 0.2) is 69.7 Å². The molecule has 0 bridgehead atoms. The molecule has 0 unspecified atom stereocenters. The maximum absolute atomic E-state index is 12.7. The summed E-state index contributed by atoms with van der Waals surface area (Å²) in [6.45, 7) is 3.95. The molecule has 1 aliphatic heterocycles. The van der Waals surface area contributed by atoms with Crippen LogP contribution in [0.4, 0.5) is 0 Å². The minimum Gasteiger partial charge on any atom is -0.355 e. The standard InChI is InChI=1S/C21H20BrN3O2/c22-18-9-5-4-8-17(18)15-24-10-12-25(13-11-24)21(26)19-14-20(27-23-19)16-6-2-1-3-7-16/h1-9,14H,10-13,15H2. The van der Waals surface area contributed by atoms with Crippen molar-refractivity contribution >= 4 is 21.8 Å². The number of hydrogen-bond acceptors (Lipinski definition) is 4. The van der Waals surface area contributed by atoms with Crippen molar-refractivity contribution in [1.29, 1.82) is 0 Å². The quantitative estimate of drug-likeness (QED) is 0.632. The molecule has 1 aliphatic rings. The lowest BCUT2D eigenvalue weighted by molar-refractivity contribution is 0.0618. The van der Waals surface area contributed by atoms with Crippen molar-refractivity contribution in [2.75, 3.05) is 26.2 Å². The molecule has 138 valence electrons. The first-order valence-electron chi connectivity index (χ1n) is 8.98. The van der Waals surface area contributed by atoms with E-state index in [1.165, 1.54) is 5.56 Å². The van der Waals surface area contributed by atoms with Gasteiger partial charge in [0.25, 0.3) is 5.91 Å². The summed E-state index contributed by atoms with van der Waals surface area (Å²) in [5.41, 5.74) is 2.55. The van der Waals surface area contributed by atoms with E-state index in [9.17, 15) is 4.79 Å². The first kappa shape index (κ1) is 17.9. The molecule has 2 heterocycles. The van der Waals surface area contributed by atoms with Crippen LogP contribution in [0, 0.1) is 0 Å². The molecule has 1 amide bonds. The van der Waals surface area contributed by atoms with E-state index in [1.807, 2.05) is 41.3 Å². The summed E-state index contributed by atoms with van der Waals surface area (Å²) in [6.07, 6.45) is 0. The molecule has 6 heteroatoms. The van der Waals surface area contributed by atoms with E-state index in [-0.39, 0.29) is 5.91 Å². The van der Waals surface area contributed by atoms with Gasteiger partial charge in [0.05, 0.1) is 0 Å². The van der Waals surface area contributed by atoms with Gasteiger partial charge in [0.1, 0.15) is 0 Å². The lowest BCUT2D eigenvalue weighted by Crippen LogP contribution is -2.48. The predicted octanol–water partition coefficient (Wildman–Crippen LogP) is 4.06. The molecular weight excluding hydrogens is 406 g/mol. The van der Waals surface area contributed by atoms with Gasteiger partial charge < -0.3 is 9.42 Å². The largest absolute Gasteiger partial charge is 0.355 e. The second kappa shape index (κ2) is 8.06. The average Bonchev–Trinajstić information content (AvgIpc) is 3.21. The second-order valence-corrected chi connectivity index (χ2v) is 7.46. The van der Waals surface area contributed by atoms with Crippen molar-refractivity contribution in [3.8, 4) is 11.3 Å². The van der Waals surface area contributed by atoms with Gasteiger partial charge >= 0.3 is 0 Å². The Morgan fingerprint density at radius 3 is 2.44 bits per heavy atom. The minimum absolute atomic E-state index is 0.0681. The lowest BCUT2D eigenvalue weighted by atomic mass is 10.1. The van der Waals surface area contributed by atoms with E-state index in [4.69, 9.17) is 4.52 Å². The van der Waals surface area contributed by atoms with Crippen LogP contribution in [-0.4, -0.2) is 47.0 Å². The molecule has 0 saturated carbocycles. The van der Waals surface area contributed by atoms with Crippen LogP contribution in [0.1, 0.15) is 16.1 Å². The number of benzene rings is 2. The summed E-state index contributed by atoms with van der Waals surface area (Å²) in [5.74, 6) is 0.549. The molecular formula is C21H20BrN3O2. The van der Waals surface area contributed by atoms with Gasteiger partial charge in [-0.3, -0.25) is 9.69 Å². The van der Waals surface area contributed by atoms with Crippen LogP contribution >= 0.6 is 15.9 Å². The average molecular weight is 426 g/mol. The Labute approximate surface area is 166 Å². The Kier molecular flexibility index (Phi) is 5.36. The van der Waals surface area contributed by atoms with E-state index < -0.39 is 0 Å². The predicted molar refractivity (Wildman–Crippen MR) is 107 cm³/mol. The summed E-state index contributed by atoms with van der Waals surface area (Å²) in [5, 5.41) is 3.98. The number of halogens is 1. The van der Waals surface area contributed by atoms with Crippen molar-refractivity contribution < 1.29 is 9.32 Å². The first-order chi connectivity index (χ1) is 13.2. The van der Waals surface area contributed by atoms with E-state index in [0.29, 0.717) is 24.5 Å². The Balaban J connectivity index is 1.36. The van der Waals surface area contributed by atoms with Gasteiger partial charge in [0.15, 0.2) is 11.5 Å². The Morgan fingerprint density at radius 1 is 1.00 bits per heavy atom. The molecule has 5 nitrogen and oxygen atoms in total. The number of rotatable bonds is 4. The zero-order valence-corrected chi connectivity index (χ0v) is 16.4. The lowest BCUT2D eigenvalue weighted by Gasteiger charge is -2.34. The number of hydrogen-bond donors (Lipinski definition) is 0. The van der Waals surface area contributed by atoms with Gasteiger partial charge in [0, 0.05) is 48.8 Å². The maximum atomic E-state index is 12.7. The number of aromatic nitrogens is 1. The molecule has 0 radical (unpaired) electrons. The highest BCUT2D eigenvalue weighted by Crippen LogP contribution is 2.22. The third-order valence-electron chi connectivity index (χ3n) is 4.80. The van der Waals surface area contributed by atoms with Crippen LogP contribution in [0.3, 0.4) is 0 Å². The number of carbonyl (C=O) groups is 1. The van der Waals surface area contributed by atoms with Gasteiger partial charge in [-0.05, 0) is 11.6 Å². The van der Waals surface area contributed by atoms with Crippen LogP contribution in [-0.2, 0) is 6.54 Å². The van der Waals surface area contributed by atoms with Gasteiger partial charge in [-0.1, -0.05) is 69.6 Å². The highest BCUT2D eigenvalue weighted by molar-refractivity contribution is 9.10. The number of nitrogens with zero attached hydrogens (tertiary/aromatic N) is 3. The molecule has 3 aromatic rings. The van der Waals surface area contributed by atoms with Crippen LogP contribution in [0.25, 0.3) is 11.3 Å². The zero-order valence-electron chi connectivity index (χ0n) is 14.8. The topological polar surface area (TPSA) is 49.6 Å². The zero-order chi connectivity index (χ0) is 18.6. The molecule has 1 aromatic heterocycles. The van der Waals surface area contributed by atoms with Gasteiger partial charge in [-0.25, -0.2) is 0 Å². The van der Waals surface area contributed by atoms with Crippen LogP contribution in [0.2, 0.25) is 0 Å². The monoisotopic (exact) mass is 425 g/mol. The first-order valence-corrected chi connectivity index (χ1v) is 9.77. The van der Waals surface area contributed by atoms with Crippen LogP contribution in [0.5, 0.6) is 0 Å². The summed E-state index contributed by atoms with van der Waals surface area (Å²) in [4.78, 5) is 17.0. The summed E-state index contributed by atoms with van der Waals surface area (Å²) in [6, 6.07) is 19.7. The molecule has 1 saturated heterocycles. The second-order valence-electron chi connectivity index (χ2n) is 6.60. The van der Waals surface area contributed by atoms with Crippen LogP contribution < -0.4 is 0 Å². The minimum atomic E-state index is -0.0681. The summed E-state index contributed by atoms with van der Waals surface area (Å²) < 4.78 is 6.49. The number of amides is 1. The molecule has 1 fully saturated rings. The van der Waals surface area contributed by atoms with Gasteiger partial charge in [0.2, 0.25) is 0 Å². The van der Waals surface area contributed by atoms with Gasteiger partial charge in [-0.15, -0.1) is 0 Å². The normalized spacial score (nSPS) is 15.1. The van der Waals surface area contributed by atoms with Gasteiger partial charge in [-0.2, -0.15) is 0 Å². The Bertz CT molecular complexity index is 918. The smallest absolute Gasteiger partial charge is 0.276 e. The van der Waals surface area contributed by atoms with Crippen molar-refractivity contribution in [2.45, 2.75) is 6.54 Å². The molecule has 0 N–H and O–H groups in total. The molecule has 4 rings (SSSR count). The fourth-order valence-electron chi connectivity index (χ4n) is 3.25. The van der Waals surface area contributed by atoms with Crippen molar-refractivity contribution in [2.24, 2.45) is 0 Å². The molecule has 0 aliphatic carbocycles. The summed E-state index contributed by atoms with van der Waals surface area (Å²) in [7, 11) is 0. The molecule has 0 atom stereocenters. The summed E-state index contributed by atoms with van der Waals surface area (Å²) >= 11 is 3.60. The van der Waals surface area contributed by atoms with E-state index in [0.717, 1.165) is 29.7 Å². The fourth-order valence-corrected chi connectivity index (χ4v) is 3.66. The highest BCUT2D eigenvalue weighted by atomic mass is 79.9. The Hall–Kier alpha value is -2.44. The molecule has 27 heavy (non-hydrogen) atoms. The van der Waals surface area contributed by atoms with E-state index in [2.05, 4.69) is 44.2 Å². The van der Waals surface area contributed by atoms with Crippen molar-refractivity contribution in [1.82, 2.24) is 15.0 Å². The van der Waals surface area contributed by atoms with Crippen molar-refractivity contribution in [3.05, 3.63) is 76.4 Å². The maximum Gasteiger partial charge on any atom is 0.276 e. The highest BCUT2D eigenvalue weighted by Gasteiger charge is 2.25. The van der Waals surface area contributed by atoms with E-state index in [1.54, 1.807) is 6.07 Å². The third kappa shape index (κ3) is 4.12. The Morgan fingerprint density at radius 2 is 1.70 bits per heavy atom. The molecule has 0 spiro atoms. The number of piperazine rings is 1. The third-order valence-corrected chi connectivity index (χ3v) is 5.57. The fraction of sp³-hybridized carbons (Fsp3) is 0.238.